The third-order valence-electron chi connectivity index (χ3n) is 2.84. The van der Waals surface area contributed by atoms with E-state index < -0.39 is 0 Å². The maximum absolute atomic E-state index is 5.65. The standard InChI is InChI=1S/C14H23NO.ClH/c1-4-15(5-2)10-11-16-12-14-8-6-13(3)7-9-14;/h6-9H,4-5,10-12H2,1-3H3;1H. The van der Waals surface area contributed by atoms with Crippen molar-refractivity contribution in [3.8, 4) is 0 Å². The molecule has 0 bridgehead atoms. The topological polar surface area (TPSA) is 12.5 Å². The van der Waals surface area contributed by atoms with Crippen LogP contribution in [0.4, 0.5) is 0 Å². The van der Waals surface area contributed by atoms with Crippen molar-refractivity contribution in [2.75, 3.05) is 26.2 Å². The van der Waals surface area contributed by atoms with Crippen LogP contribution >= 0.6 is 12.4 Å². The van der Waals surface area contributed by atoms with Crippen molar-refractivity contribution in [2.24, 2.45) is 0 Å². The first-order valence-electron chi connectivity index (χ1n) is 6.12. The molecule has 2 nitrogen and oxygen atoms in total. The molecule has 0 radical (unpaired) electrons. The molecule has 0 N–H and O–H groups in total. The van der Waals surface area contributed by atoms with Gasteiger partial charge in [0.25, 0.3) is 0 Å². The lowest BCUT2D eigenvalue weighted by molar-refractivity contribution is 0.0956. The molecule has 0 atom stereocenters. The maximum Gasteiger partial charge on any atom is 0.0717 e. The fourth-order valence-corrected chi connectivity index (χ4v) is 1.61. The van der Waals surface area contributed by atoms with Crippen LogP contribution in [0.2, 0.25) is 0 Å². The SMILES string of the molecule is CCN(CC)CCOCc1ccc(C)cc1.Cl. The molecular weight excluding hydrogens is 234 g/mol. The maximum atomic E-state index is 5.65. The van der Waals surface area contributed by atoms with E-state index in [2.05, 4.69) is 49.9 Å². The van der Waals surface area contributed by atoms with Gasteiger partial charge in [-0.05, 0) is 25.6 Å². The van der Waals surface area contributed by atoms with E-state index in [0.717, 1.165) is 32.8 Å². The minimum atomic E-state index is 0. The van der Waals surface area contributed by atoms with Gasteiger partial charge >= 0.3 is 0 Å². The summed E-state index contributed by atoms with van der Waals surface area (Å²) in [5.74, 6) is 0. The molecule has 1 aromatic carbocycles. The Hall–Kier alpha value is -0.570. The van der Waals surface area contributed by atoms with Gasteiger partial charge in [-0.3, -0.25) is 0 Å². The molecule has 0 amide bonds. The molecule has 17 heavy (non-hydrogen) atoms. The molecular formula is C14H24ClNO. The van der Waals surface area contributed by atoms with E-state index in [4.69, 9.17) is 4.74 Å². The smallest absolute Gasteiger partial charge is 0.0717 e. The molecule has 0 aromatic heterocycles. The van der Waals surface area contributed by atoms with Gasteiger partial charge in [-0.15, -0.1) is 12.4 Å². The second-order valence-corrected chi connectivity index (χ2v) is 4.07. The van der Waals surface area contributed by atoms with E-state index in [1.165, 1.54) is 11.1 Å². The number of benzene rings is 1. The predicted molar refractivity (Wildman–Crippen MR) is 75.9 cm³/mol. The van der Waals surface area contributed by atoms with Crippen LogP contribution in [0.1, 0.15) is 25.0 Å². The van der Waals surface area contributed by atoms with Gasteiger partial charge in [-0.2, -0.15) is 0 Å². The highest BCUT2D eigenvalue weighted by atomic mass is 35.5. The molecule has 0 fully saturated rings. The Morgan fingerprint density at radius 2 is 1.65 bits per heavy atom. The number of ether oxygens (including phenoxy) is 1. The van der Waals surface area contributed by atoms with Crippen LogP contribution in [0, 0.1) is 6.92 Å². The molecule has 0 aliphatic heterocycles. The number of likely N-dealkylation sites (N-methyl/N-ethyl adjacent to an activating group) is 1. The molecule has 0 aliphatic rings. The zero-order chi connectivity index (χ0) is 11.8. The highest BCUT2D eigenvalue weighted by molar-refractivity contribution is 5.85. The average molecular weight is 258 g/mol. The van der Waals surface area contributed by atoms with Gasteiger partial charge in [-0.25, -0.2) is 0 Å². The lowest BCUT2D eigenvalue weighted by Gasteiger charge is -2.17. The largest absolute Gasteiger partial charge is 0.375 e. The summed E-state index contributed by atoms with van der Waals surface area (Å²) in [5, 5.41) is 0. The Kier molecular flexibility index (Phi) is 9.14. The second kappa shape index (κ2) is 9.46. The highest BCUT2D eigenvalue weighted by Gasteiger charge is 1.98. The third kappa shape index (κ3) is 6.67. The van der Waals surface area contributed by atoms with Crippen molar-refractivity contribution >= 4 is 12.4 Å². The number of nitrogens with zero attached hydrogens (tertiary/aromatic N) is 1. The monoisotopic (exact) mass is 257 g/mol. The molecule has 0 aliphatic carbocycles. The molecule has 98 valence electrons. The lowest BCUT2D eigenvalue weighted by Crippen LogP contribution is -2.26. The van der Waals surface area contributed by atoms with Crippen molar-refractivity contribution in [2.45, 2.75) is 27.4 Å². The van der Waals surface area contributed by atoms with Gasteiger partial charge in [0.2, 0.25) is 0 Å². The quantitative estimate of drug-likeness (QED) is 0.695. The fraction of sp³-hybridized carbons (Fsp3) is 0.571. The van der Waals surface area contributed by atoms with E-state index in [1.54, 1.807) is 0 Å². The summed E-state index contributed by atoms with van der Waals surface area (Å²) in [4.78, 5) is 2.37. The Labute approximate surface area is 111 Å². The molecule has 3 heteroatoms. The van der Waals surface area contributed by atoms with Gasteiger partial charge in [0, 0.05) is 6.54 Å². The first-order valence-corrected chi connectivity index (χ1v) is 6.12. The number of halogens is 1. The van der Waals surface area contributed by atoms with E-state index in [-0.39, 0.29) is 12.4 Å². The first kappa shape index (κ1) is 16.4. The number of hydrogen-bond acceptors (Lipinski definition) is 2. The summed E-state index contributed by atoms with van der Waals surface area (Å²) in [6.07, 6.45) is 0. The first-order chi connectivity index (χ1) is 7.76. The van der Waals surface area contributed by atoms with Crippen LogP contribution in [0.3, 0.4) is 0 Å². The zero-order valence-corrected chi connectivity index (χ0v) is 11.9. The summed E-state index contributed by atoms with van der Waals surface area (Å²) < 4.78 is 5.65. The Morgan fingerprint density at radius 1 is 1.06 bits per heavy atom. The highest BCUT2D eigenvalue weighted by Crippen LogP contribution is 2.04. The number of hydrogen-bond donors (Lipinski definition) is 0. The van der Waals surface area contributed by atoms with E-state index in [0.29, 0.717) is 0 Å². The van der Waals surface area contributed by atoms with E-state index in [1.807, 2.05) is 0 Å². The van der Waals surface area contributed by atoms with Crippen molar-refractivity contribution < 1.29 is 4.74 Å². The van der Waals surface area contributed by atoms with E-state index in [9.17, 15) is 0 Å². The van der Waals surface area contributed by atoms with Crippen LogP contribution < -0.4 is 0 Å². The number of rotatable bonds is 7. The van der Waals surface area contributed by atoms with Crippen LogP contribution in [0.5, 0.6) is 0 Å². The van der Waals surface area contributed by atoms with Gasteiger partial charge < -0.3 is 9.64 Å². The van der Waals surface area contributed by atoms with Crippen molar-refractivity contribution in [3.63, 3.8) is 0 Å². The number of aryl methyl sites for hydroxylation is 1. The normalized spacial score (nSPS) is 10.4. The molecule has 1 aromatic rings. The molecule has 0 heterocycles. The Morgan fingerprint density at radius 3 is 2.18 bits per heavy atom. The van der Waals surface area contributed by atoms with Gasteiger partial charge in [0.15, 0.2) is 0 Å². The summed E-state index contributed by atoms with van der Waals surface area (Å²) >= 11 is 0. The molecule has 0 saturated heterocycles. The second-order valence-electron chi connectivity index (χ2n) is 4.07. The average Bonchev–Trinajstić information content (AvgIpc) is 2.32. The van der Waals surface area contributed by atoms with Crippen LogP contribution in [-0.4, -0.2) is 31.1 Å². The zero-order valence-electron chi connectivity index (χ0n) is 11.1. The fourth-order valence-electron chi connectivity index (χ4n) is 1.61. The Balaban J connectivity index is 0.00000256. The summed E-state index contributed by atoms with van der Waals surface area (Å²) in [7, 11) is 0. The summed E-state index contributed by atoms with van der Waals surface area (Å²) in [5.41, 5.74) is 2.55. The molecule has 0 saturated carbocycles. The van der Waals surface area contributed by atoms with Gasteiger partial charge in [0.05, 0.1) is 13.2 Å². The minimum absolute atomic E-state index is 0. The molecule has 0 unspecified atom stereocenters. The minimum Gasteiger partial charge on any atom is -0.375 e. The van der Waals surface area contributed by atoms with Crippen molar-refractivity contribution in [3.05, 3.63) is 35.4 Å². The summed E-state index contributed by atoms with van der Waals surface area (Å²) in [6, 6.07) is 8.52. The van der Waals surface area contributed by atoms with Gasteiger partial charge in [0.1, 0.15) is 0 Å². The van der Waals surface area contributed by atoms with Crippen LogP contribution in [0.25, 0.3) is 0 Å². The molecule has 1 rings (SSSR count). The van der Waals surface area contributed by atoms with Crippen LogP contribution in [0.15, 0.2) is 24.3 Å². The van der Waals surface area contributed by atoms with Crippen molar-refractivity contribution in [1.82, 2.24) is 4.90 Å². The third-order valence-corrected chi connectivity index (χ3v) is 2.84. The van der Waals surface area contributed by atoms with Crippen molar-refractivity contribution in [1.29, 1.82) is 0 Å². The summed E-state index contributed by atoms with van der Waals surface area (Å²) in [6.45, 7) is 11.2. The lowest BCUT2D eigenvalue weighted by atomic mass is 10.2. The van der Waals surface area contributed by atoms with E-state index >= 15 is 0 Å². The van der Waals surface area contributed by atoms with Gasteiger partial charge in [-0.1, -0.05) is 43.7 Å². The van der Waals surface area contributed by atoms with Crippen LogP contribution in [-0.2, 0) is 11.3 Å². The predicted octanol–water partition coefficient (Wildman–Crippen LogP) is 3.28. The Bertz CT molecular complexity index is 283. The molecule has 0 spiro atoms.